The van der Waals surface area contributed by atoms with Crippen LogP contribution in [-0.2, 0) is 31.8 Å². The summed E-state index contributed by atoms with van der Waals surface area (Å²) in [6, 6.07) is 7.84. The second kappa shape index (κ2) is 12.8. The summed E-state index contributed by atoms with van der Waals surface area (Å²) in [7, 11) is 1.69. The van der Waals surface area contributed by atoms with Crippen LogP contribution in [0.4, 0.5) is 4.79 Å². The highest BCUT2D eigenvalue weighted by Crippen LogP contribution is 2.44. The Morgan fingerprint density at radius 1 is 0.939 bits per heavy atom. The first kappa shape index (κ1) is 24.5. The average Bonchev–Trinajstić information content (AvgIpc) is 2.85. The van der Waals surface area contributed by atoms with Gasteiger partial charge in [-0.1, -0.05) is 30.8 Å². The zero-order chi connectivity index (χ0) is 23.5. The maximum absolute atomic E-state index is 12.5. The van der Waals surface area contributed by atoms with E-state index in [-0.39, 0.29) is 13.2 Å². The highest BCUT2D eigenvalue weighted by atomic mass is 16.6. The number of amides is 1. The molecule has 0 saturated heterocycles. The molecule has 1 N–H and O–H groups in total. The van der Waals surface area contributed by atoms with Crippen molar-refractivity contribution in [2.45, 2.75) is 25.7 Å². The smallest absolute Gasteiger partial charge is 0.412 e. The number of methoxy groups -OCH3 is 1. The molecule has 8 nitrogen and oxygen atoms in total. The molecule has 33 heavy (non-hydrogen) atoms. The fourth-order valence-electron chi connectivity index (χ4n) is 3.90. The van der Waals surface area contributed by atoms with Gasteiger partial charge in [-0.25, -0.2) is 9.59 Å². The summed E-state index contributed by atoms with van der Waals surface area (Å²) >= 11 is 0. The van der Waals surface area contributed by atoms with Crippen molar-refractivity contribution in [1.82, 2.24) is 5.32 Å². The summed E-state index contributed by atoms with van der Waals surface area (Å²) in [6.45, 7) is 5.13. The van der Waals surface area contributed by atoms with E-state index in [0.29, 0.717) is 32.1 Å². The van der Waals surface area contributed by atoms with Crippen molar-refractivity contribution in [2.75, 3.05) is 46.7 Å². The molecular weight excluding hydrogens is 426 g/mol. The van der Waals surface area contributed by atoms with E-state index in [1.807, 2.05) is 24.3 Å². The van der Waals surface area contributed by atoms with Crippen LogP contribution in [0.15, 0.2) is 36.9 Å². The summed E-state index contributed by atoms with van der Waals surface area (Å²) < 4.78 is 27.0. The second-order valence-electron chi connectivity index (χ2n) is 7.48. The van der Waals surface area contributed by atoms with Crippen molar-refractivity contribution in [2.24, 2.45) is 0 Å². The van der Waals surface area contributed by atoms with Gasteiger partial charge in [-0.3, -0.25) is 0 Å². The van der Waals surface area contributed by atoms with Crippen LogP contribution in [0.1, 0.15) is 24.0 Å². The highest BCUT2D eigenvalue weighted by molar-refractivity contribution is 5.97. The number of rotatable bonds is 12. The molecule has 178 valence electrons. The van der Waals surface area contributed by atoms with Gasteiger partial charge in [-0.05, 0) is 25.7 Å². The normalized spacial score (nSPS) is 12.6. The number of esters is 1. The number of nitrogens with one attached hydrogen (secondary N) is 1. The standard InChI is InChI=1S/C25H31NO7/c1-3-22(27)32-17-16-31-15-14-30-13-12-26-25(28)33-24-20-10-6-4-8-18(20)23(29-2)19-9-5-7-11-21(19)24/h3-4,6,8,10H,1,5,7,9,11-17H2,2H3,(H,26,28). The van der Waals surface area contributed by atoms with Crippen molar-refractivity contribution in [3.8, 4) is 11.5 Å². The van der Waals surface area contributed by atoms with Crippen LogP contribution in [0, 0.1) is 0 Å². The minimum Gasteiger partial charge on any atom is -0.496 e. The molecule has 0 spiro atoms. The zero-order valence-corrected chi connectivity index (χ0v) is 19.0. The molecular formula is C25H31NO7. The molecule has 0 heterocycles. The van der Waals surface area contributed by atoms with Crippen LogP contribution >= 0.6 is 0 Å². The van der Waals surface area contributed by atoms with Gasteiger partial charge in [-0.15, -0.1) is 0 Å². The first-order valence-corrected chi connectivity index (χ1v) is 11.2. The van der Waals surface area contributed by atoms with Gasteiger partial charge in [0.15, 0.2) is 0 Å². The maximum atomic E-state index is 12.5. The van der Waals surface area contributed by atoms with E-state index in [2.05, 4.69) is 11.9 Å². The third kappa shape index (κ3) is 6.69. The number of fused-ring (bicyclic) bond motifs is 2. The van der Waals surface area contributed by atoms with Gasteiger partial charge in [0.1, 0.15) is 18.1 Å². The van der Waals surface area contributed by atoms with Crippen molar-refractivity contribution >= 4 is 22.8 Å². The Hall–Kier alpha value is -3.10. The second-order valence-corrected chi connectivity index (χ2v) is 7.48. The molecule has 2 aromatic carbocycles. The SMILES string of the molecule is C=CC(=O)OCCOCCOCCNC(=O)Oc1c2c(c(OC)c3ccccc13)CCCC2. The lowest BCUT2D eigenvalue weighted by Gasteiger charge is -2.24. The molecule has 0 aromatic heterocycles. The van der Waals surface area contributed by atoms with Crippen LogP contribution in [0.5, 0.6) is 11.5 Å². The Morgan fingerprint density at radius 3 is 2.21 bits per heavy atom. The Bertz CT molecular complexity index is 973. The maximum Gasteiger partial charge on any atom is 0.412 e. The lowest BCUT2D eigenvalue weighted by molar-refractivity contribution is -0.139. The molecule has 0 radical (unpaired) electrons. The van der Waals surface area contributed by atoms with Gasteiger partial charge in [0, 0.05) is 34.5 Å². The largest absolute Gasteiger partial charge is 0.496 e. The molecule has 0 atom stereocenters. The highest BCUT2D eigenvalue weighted by Gasteiger charge is 2.24. The number of benzene rings is 2. The van der Waals surface area contributed by atoms with Gasteiger partial charge in [0.05, 0.1) is 33.5 Å². The third-order valence-electron chi connectivity index (χ3n) is 5.36. The zero-order valence-electron chi connectivity index (χ0n) is 19.0. The molecule has 1 aliphatic carbocycles. The Labute approximate surface area is 193 Å². The van der Waals surface area contributed by atoms with E-state index in [1.54, 1.807) is 7.11 Å². The van der Waals surface area contributed by atoms with Crippen LogP contribution < -0.4 is 14.8 Å². The van der Waals surface area contributed by atoms with Gasteiger partial charge in [-0.2, -0.15) is 0 Å². The predicted octanol–water partition coefficient (Wildman–Crippen LogP) is 3.58. The van der Waals surface area contributed by atoms with Gasteiger partial charge < -0.3 is 29.0 Å². The van der Waals surface area contributed by atoms with Gasteiger partial charge >= 0.3 is 12.1 Å². The van der Waals surface area contributed by atoms with Crippen LogP contribution in [-0.4, -0.2) is 58.8 Å². The molecule has 1 aliphatic rings. The van der Waals surface area contributed by atoms with Crippen molar-refractivity contribution in [3.05, 3.63) is 48.0 Å². The molecule has 0 unspecified atom stereocenters. The number of hydrogen-bond donors (Lipinski definition) is 1. The van der Waals surface area contributed by atoms with Gasteiger partial charge in [0.25, 0.3) is 0 Å². The predicted molar refractivity (Wildman–Crippen MR) is 124 cm³/mol. The molecule has 0 fully saturated rings. The van der Waals surface area contributed by atoms with E-state index < -0.39 is 12.1 Å². The average molecular weight is 458 g/mol. The number of carbonyl (C=O) groups is 2. The topological polar surface area (TPSA) is 92.3 Å². The molecule has 0 saturated carbocycles. The van der Waals surface area contributed by atoms with Crippen molar-refractivity contribution in [3.63, 3.8) is 0 Å². The summed E-state index contributed by atoms with van der Waals surface area (Å²) in [4.78, 5) is 23.4. The molecule has 0 aliphatic heterocycles. The molecule has 8 heteroatoms. The summed E-state index contributed by atoms with van der Waals surface area (Å²) in [5, 5.41) is 4.56. The van der Waals surface area contributed by atoms with E-state index in [4.69, 9.17) is 23.7 Å². The number of carbonyl (C=O) groups excluding carboxylic acids is 2. The quantitative estimate of drug-likeness (QED) is 0.296. The van der Waals surface area contributed by atoms with E-state index in [9.17, 15) is 9.59 Å². The van der Waals surface area contributed by atoms with Crippen LogP contribution in [0.25, 0.3) is 10.8 Å². The van der Waals surface area contributed by atoms with E-state index in [0.717, 1.165) is 59.4 Å². The minimum atomic E-state index is -0.512. The van der Waals surface area contributed by atoms with Gasteiger partial charge in [0.2, 0.25) is 0 Å². The van der Waals surface area contributed by atoms with Crippen LogP contribution in [0.3, 0.4) is 0 Å². The number of ether oxygens (including phenoxy) is 5. The molecule has 1 amide bonds. The first-order valence-electron chi connectivity index (χ1n) is 11.2. The lowest BCUT2D eigenvalue weighted by atomic mass is 9.87. The fraction of sp³-hybridized carbons (Fsp3) is 0.440. The van der Waals surface area contributed by atoms with Crippen LogP contribution in [0.2, 0.25) is 0 Å². The van der Waals surface area contributed by atoms with Crippen molar-refractivity contribution in [1.29, 1.82) is 0 Å². The Kier molecular flexibility index (Phi) is 9.53. The molecule has 2 aromatic rings. The minimum absolute atomic E-state index is 0.169. The summed E-state index contributed by atoms with van der Waals surface area (Å²) in [5.74, 6) is 1.02. The fourth-order valence-corrected chi connectivity index (χ4v) is 3.90. The molecule has 0 bridgehead atoms. The lowest BCUT2D eigenvalue weighted by Crippen LogP contribution is -2.31. The summed E-state index contributed by atoms with van der Waals surface area (Å²) in [5.41, 5.74) is 2.19. The molecule has 3 rings (SSSR count). The van der Waals surface area contributed by atoms with Crippen molar-refractivity contribution < 1.29 is 33.3 Å². The third-order valence-corrected chi connectivity index (χ3v) is 5.36. The number of hydrogen-bond acceptors (Lipinski definition) is 7. The Balaban J connectivity index is 1.46. The monoisotopic (exact) mass is 457 g/mol. The first-order chi connectivity index (χ1) is 16.2. The van der Waals surface area contributed by atoms with E-state index >= 15 is 0 Å². The summed E-state index contributed by atoms with van der Waals surface area (Å²) in [6.07, 6.45) is 4.51. The van der Waals surface area contributed by atoms with E-state index in [1.165, 1.54) is 0 Å². The Morgan fingerprint density at radius 2 is 1.55 bits per heavy atom.